The minimum atomic E-state index is -2.88. The van der Waals surface area contributed by atoms with Gasteiger partial charge >= 0.3 is 0 Å². The van der Waals surface area contributed by atoms with Crippen molar-refractivity contribution in [3.05, 3.63) is 35.4 Å². The van der Waals surface area contributed by atoms with Crippen LogP contribution in [0, 0.1) is 11.6 Å². The van der Waals surface area contributed by atoms with Gasteiger partial charge in [-0.05, 0) is 30.2 Å². The molecule has 1 unspecified atom stereocenters. The number of alkyl halides is 2. The first kappa shape index (κ1) is 17.7. The number of carbonyl (C=O) groups is 1. The molecule has 0 aliphatic carbocycles. The van der Waals surface area contributed by atoms with E-state index in [1.54, 1.807) is 0 Å². The molecule has 8 heteroatoms. The van der Waals surface area contributed by atoms with Crippen molar-refractivity contribution in [3.8, 4) is 0 Å². The third-order valence-corrected chi connectivity index (χ3v) is 3.13. The van der Waals surface area contributed by atoms with Crippen molar-refractivity contribution >= 4 is 18.3 Å². The highest BCUT2D eigenvalue weighted by atomic mass is 35.5. The Bertz CT molecular complexity index is 513. The number of nitrogens with one attached hydrogen (secondary N) is 2. The first-order chi connectivity index (χ1) is 9.37. The van der Waals surface area contributed by atoms with Gasteiger partial charge in [-0.2, -0.15) is 0 Å². The molecular formula is C13H15ClF4N2O. The normalized spacial score (nSPS) is 19.9. The van der Waals surface area contributed by atoms with E-state index in [1.165, 1.54) is 0 Å². The summed E-state index contributed by atoms with van der Waals surface area (Å²) in [6.45, 7) is -0.466. The third kappa shape index (κ3) is 4.86. The summed E-state index contributed by atoms with van der Waals surface area (Å²) in [5.41, 5.74) is 0.134. The van der Waals surface area contributed by atoms with Crippen LogP contribution in [-0.2, 0) is 11.2 Å². The van der Waals surface area contributed by atoms with Gasteiger partial charge in [0.15, 0.2) is 0 Å². The quantitative estimate of drug-likeness (QED) is 0.831. The predicted octanol–water partition coefficient (Wildman–Crippen LogP) is 2.04. The summed E-state index contributed by atoms with van der Waals surface area (Å²) in [6, 6.07) is 2.11. The molecule has 1 amide bonds. The van der Waals surface area contributed by atoms with Crippen LogP contribution in [0.3, 0.4) is 0 Å². The molecule has 21 heavy (non-hydrogen) atoms. The molecule has 1 fully saturated rings. The summed E-state index contributed by atoms with van der Waals surface area (Å²) >= 11 is 0. The van der Waals surface area contributed by atoms with Crippen molar-refractivity contribution in [3.63, 3.8) is 0 Å². The van der Waals surface area contributed by atoms with E-state index in [-0.39, 0.29) is 30.9 Å². The first-order valence-corrected chi connectivity index (χ1v) is 6.20. The molecule has 1 heterocycles. The van der Waals surface area contributed by atoms with Crippen LogP contribution < -0.4 is 10.6 Å². The number of benzene rings is 1. The van der Waals surface area contributed by atoms with Gasteiger partial charge in [0.1, 0.15) is 11.6 Å². The van der Waals surface area contributed by atoms with E-state index in [9.17, 15) is 22.4 Å². The van der Waals surface area contributed by atoms with Crippen LogP contribution in [0.5, 0.6) is 0 Å². The van der Waals surface area contributed by atoms with E-state index in [4.69, 9.17) is 0 Å². The van der Waals surface area contributed by atoms with Crippen LogP contribution in [0.1, 0.15) is 12.0 Å². The molecule has 3 nitrogen and oxygen atoms in total. The lowest BCUT2D eigenvalue weighted by atomic mass is 10.1. The monoisotopic (exact) mass is 326 g/mol. The number of hydrogen-bond acceptors (Lipinski definition) is 2. The zero-order valence-electron chi connectivity index (χ0n) is 11.0. The molecule has 1 saturated heterocycles. The average molecular weight is 327 g/mol. The lowest BCUT2D eigenvalue weighted by Crippen LogP contribution is -2.41. The number of carbonyl (C=O) groups excluding carboxylic acids is 1. The Kier molecular flexibility index (Phi) is 5.98. The molecular weight excluding hydrogens is 312 g/mol. The van der Waals surface area contributed by atoms with E-state index >= 15 is 0 Å². The van der Waals surface area contributed by atoms with Crippen LogP contribution in [-0.4, -0.2) is 31.0 Å². The second kappa shape index (κ2) is 7.09. The molecule has 1 aromatic carbocycles. The maximum absolute atomic E-state index is 13.3. The predicted molar refractivity (Wildman–Crippen MR) is 71.7 cm³/mol. The van der Waals surface area contributed by atoms with Gasteiger partial charge in [-0.3, -0.25) is 10.1 Å². The van der Waals surface area contributed by atoms with Gasteiger partial charge in [0.05, 0.1) is 12.6 Å². The van der Waals surface area contributed by atoms with E-state index < -0.39 is 42.5 Å². The van der Waals surface area contributed by atoms with Crippen molar-refractivity contribution in [2.24, 2.45) is 0 Å². The number of rotatable bonds is 4. The fraction of sp³-hybridized carbons (Fsp3) is 0.462. The average Bonchev–Trinajstić information content (AvgIpc) is 2.74. The van der Waals surface area contributed by atoms with Crippen molar-refractivity contribution in [2.45, 2.75) is 24.8 Å². The Morgan fingerprint density at radius 1 is 1.38 bits per heavy atom. The summed E-state index contributed by atoms with van der Waals surface area (Å²) in [4.78, 5) is 11.6. The molecule has 2 rings (SSSR count). The van der Waals surface area contributed by atoms with Crippen molar-refractivity contribution in [1.82, 2.24) is 10.6 Å². The van der Waals surface area contributed by atoms with Gasteiger partial charge in [0.25, 0.3) is 5.92 Å². The van der Waals surface area contributed by atoms with Gasteiger partial charge in [0.2, 0.25) is 5.91 Å². The van der Waals surface area contributed by atoms with Crippen molar-refractivity contribution in [2.75, 3.05) is 13.1 Å². The summed E-state index contributed by atoms with van der Waals surface area (Å²) in [5.74, 6) is -4.56. The Balaban J connectivity index is 0.00000220. The van der Waals surface area contributed by atoms with E-state index in [2.05, 4.69) is 10.6 Å². The molecule has 1 aromatic rings. The maximum atomic E-state index is 13.3. The minimum Gasteiger partial charge on any atom is -0.354 e. The lowest BCUT2D eigenvalue weighted by Gasteiger charge is -2.11. The Hall–Kier alpha value is -1.34. The summed E-state index contributed by atoms with van der Waals surface area (Å²) < 4.78 is 52.0. The van der Waals surface area contributed by atoms with Gasteiger partial charge in [0, 0.05) is 13.0 Å². The largest absolute Gasteiger partial charge is 0.354 e. The van der Waals surface area contributed by atoms with Crippen LogP contribution in [0.15, 0.2) is 18.2 Å². The second-order valence-corrected chi connectivity index (χ2v) is 4.77. The molecule has 0 aromatic heterocycles. The summed E-state index contributed by atoms with van der Waals surface area (Å²) in [5, 5.41) is 4.85. The highest BCUT2D eigenvalue weighted by Gasteiger charge is 2.42. The fourth-order valence-corrected chi connectivity index (χ4v) is 2.08. The second-order valence-electron chi connectivity index (χ2n) is 4.77. The molecule has 0 radical (unpaired) electrons. The SMILES string of the molecule is Cl.O=C(NCCc1cc(F)ccc1F)C1CC(F)(F)CN1. The zero-order chi connectivity index (χ0) is 14.8. The van der Waals surface area contributed by atoms with Crippen LogP contribution in [0.25, 0.3) is 0 Å². The Morgan fingerprint density at radius 3 is 2.71 bits per heavy atom. The minimum absolute atomic E-state index is 0. The zero-order valence-corrected chi connectivity index (χ0v) is 11.8. The summed E-state index contributed by atoms with van der Waals surface area (Å²) in [7, 11) is 0. The van der Waals surface area contributed by atoms with Gasteiger partial charge in [-0.15, -0.1) is 12.4 Å². The molecule has 1 aliphatic rings. The van der Waals surface area contributed by atoms with E-state index in [1.807, 2.05) is 0 Å². The molecule has 2 N–H and O–H groups in total. The first-order valence-electron chi connectivity index (χ1n) is 6.20. The number of halogens is 5. The highest BCUT2D eigenvalue weighted by Crippen LogP contribution is 2.24. The van der Waals surface area contributed by atoms with Crippen molar-refractivity contribution in [1.29, 1.82) is 0 Å². The molecule has 118 valence electrons. The molecule has 0 saturated carbocycles. The van der Waals surface area contributed by atoms with Gasteiger partial charge in [-0.25, -0.2) is 17.6 Å². The fourth-order valence-electron chi connectivity index (χ4n) is 2.08. The topological polar surface area (TPSA) is 41.1 Å². The van der Waals surface area contributed by atoms with Crippen LogP contribution in [0.4, 0.5) is 17.6 Å². The Morgan fingerprint density at radius 2 is 2.10 bits per heavy atom. The highest BCUT2D eigenvalue weighted by molar-refractivity contribution is 5.85. The molecule has 1 aliphatic heterocycles. The van der Waals surface area contributed by atoms with Gasteiger partial charge < -0.3 is 5.32 Å². The van der Waals surface area contributed by atoms with Crippen molar-refractivity contribution < 1.29 is 22.4 Å². The third-order valence-electron chi connectivity index (χ3n) is 3.13. The molecule has 0 spiro atoms. The molecule has 1 atom stereocenters. The lowest BCUT2D eigenvalue weighted by molar-refractivity contribution is -0.123. The molecule has 0 bridgehead atoms. The van der Waals surface area contributed by atoms with Crippen LogP contribution in [0.2, 0.25) is 0 Å². The van der Waals surface area contributed by atoms with Gasteiger partial charge in [-0.1, -0.05) is 0 Å². The van der Waals surface area contributed by atoms with E-state index in [0.29, 0.717) is 0 Å². The Labute approximate surface area is 125 Å². The smallest absolute Gasteiger partial charge is 0.262 e. The maximum Gasteiger partial charge on any atom is 0.262 e. The summed E-state index contributed by atoms with van der Waals surface area (Å²) in [6.07, 6.45) is -0.453. The number of hydrogen-bond donors (Lipinski definition) is 2. The number of amides is 1. The van der Waals surface area contributed by atoms with E-state index in [0.717, 1.165) is 18.2 Å². The van der Waals surface area contributed by atoms with Crippen LogP contribution >= 0.6 is 12.4 Å². The standard InChI is InChI=1S/C13H14F4N2O.ClH/c14-9-1-2-10(15)8(5-9)3-4-18-12(20)11-6-13(16,17)7-19-11;/h1-2,5,11,19H,3-4,6-7H2,(H,18,20);1H.